The topological polar surface area (TPSA) is 50.5 Å². The van der Waals surface area contributed by atoms with Gasteiger partial charge in [-0.1, -0.05) is 48.5 Å². The second kappa shape index (κ2) is 8.82. The SMILES string of the molecule is CCN(Cc1ccccc1)C(=O)c1ccc(C[S@@](=O)c2ccccc2C)o1. The monoisotopic (exact) mass is 381 g/mol. The molecule has 1 aromatic heterocycles. The normalized spacial score (nSPS) is 11.9. The van der Waals surface area contributed by atoms with Gasteiger partial charge in [0.1, 0.15) is 5.76 Å². The highest BCUT2D eigenvalue weighted by atomic mass is 32.2. The van der Waals surface area contributed by atoms with Gasteiger partial charge in [0.25, 0.3) is 5.91 Å². The lowest BCUT2D eigenvalue weighted by Crippen LogP contribution is -2.29. The smallest absolute Gasteiger partial charge is 0.289 e. The highest BCUT2D eigenvalue weighted by Gasteiger charge is 2.19. The summed E-state index contributed by atoms with van der Waals surface area (Å²) >= 11 is 0. The summed E-state index contributed by atoms with van der Waals surface area (Å²) in [5.41, 5.74) is 2.05. The van der Waals surface area contributed by atoms with Gasteiger partial charge in [0.05, 0.1) is 16.6 Å². The fourth-order valence-corrected chi connectivity index (χ4v) is 4.10. The molecule has 1 amide bonds. The Kier molecular flexibility index (Phi) is 6.24. The molecule has 0 spiro atoms. The Balaban J connectivity index is 1.69. The average molecular weight is 381 g/mol. The van der Waals surface area contributed by atoms with Gasteiger partial charge in [-0.15, -0.1) is 0 Å². The van der Waals surface area contributed by atoms with Gasteiger partial charge in [-0.05, 0) is 43.2 Å². The van der Waals surface area contributed by atoms with Crippen LogP contribution in [0.2, 0.25) is 0 Å². The Hall–Kier alpha value is -2.66. The number of carbonyl (C=O) groups excluding carboxylic acids is 1. The van der Waals surface area contributed by atoms with Crippen LogP contribution in [0, 0.1) is 6.92 Å². The zero-order chi connectivity index (χ0) is 19.2. The fourth-order valence-electron chi connectivity index (χ4n) is 2.88. The second-order valence-corrected chi connectivity index (χ2v) is 7.75. The third-order valence-electron chi connectivity index (χ3n) is 4.37. The van der Waals surface area contributed by atoms with Crippen LogP contribution in [0.1, 0.15) is 34.4 Å². The summed E-state index contributed by atoms with van der Waals surface area (Å²) in [7, 11) is -1.21. The number of furan rings is 1. The minimum Gasteiger partial charge on any atom is -0.455 e. The average Bonchev–Trinajstić information content (AvgIpc) is 3.15. The van der Waals surface area contributed by atoms with E-state index in [0.29, 0.717) is 18.8 Å². The summed E-state index contributed by atoms with van der Waals surface area (Å²) in [4.78, 5) is 15.3. The van der Waals surface area contributed by atoms with E-state index in [1.165, 1.54) is 0 Å². The molecule has 0 unspecified atom stereocenters. The van der Waals surface area contributed by atoms with Crippen LogP contribution in [0.3, 0.4) is 0 Å². The number of hydrogen-bond acceptors (Lipinski definition) is 3. The van der Waals surface area contributed by atoms with E-state index in [2.05, 4.69) is 0 Å². The van der Waals surface area contributed by atoms with Crippen molar-refractivity contribution < 1.29 is 13.4 Å². The van der Waals surface area contributed by atoms with Crippen molar-refractivity contribution in [3.05, 3.63) is 89.4 Å². The molecular formula is C22H23NO3S. The molecule has 0 saturated heterocycles. The predicted octanol–water partition coefficient (Wildman–Crippen LogP) is 4.56. The third-order valence-corrected chi connectivity index (χ3v) is 5.87. The van der Waals surface area contributed by atoms with Crippen LogP contribution in [0.15, 0.2) is 76.0 Å². The minimum atomic E-state index is -1.21. The Morgan fingerprint density at radius 2 is 1.70 bits per heavy atom. The number of benzene rings is 2. The van der Waals surface area contributed by atoms with Crippen molar-refractivity contribution in [2.24, 2.45) is 0 Å². The first-order chi connectivity index (χ1) is 13.1. The van der Waals surface area contributed by atoms with Gasteiger partial charge < -0.3 is 9.32 Å². The molecule has 0 bridgehead atoms. The van der Waals surface area contributed by atoms with Crippen molar-refractivity contribution in [3.8, 4) is 0 Å². The first-order valence-corrected chi connectivity index (χ1v) is 10.3. The molecule has 27 heavy (non-hydrogen) atoms. The fraction of sp³-hybridized carbons (Fsp3) is 0.227. The number of amides is 1. The Bertz CT molecular complexity index is 933. The summed E-state index contributed by atoms with van der Waals surface area (Å²) in [5, 5.41) is 0. The zero-order valence-corrected chi connectivity index (χ0v) is 16.4. The molecule has 4 nitrogen and oxygen atoms in total. The highest BCUT2D eigenvalue weighted by molar-refractivity contribution is 7.84. The molecule has 0 N–H and O–H groups in total. The standard InChI is InChI=1S/C22H23NO3S/c1-3-23(15-18-10-5-4-6-11-18)22(24)20-14-13-19(26-20)16-27(25)21-12-8-7-9-17(21)2/h4-14H,3,15-16H2,1-2H3/t27-/m1/s1. The van der Waals surface area contributed by atoms with Crippen LogP contribution in [0.25, 0.3) is 0 Å². The molecule has 3 aromatic rings. The molecule has 0 fully saturated rings. The molecule has 0 aliphatic heterocycles. The number of hydrogen-bond donors (Lipinski definition) is 0. The van der Waals surface area contributed by atoms with Gasteiger partial charge in [0.15, 0.2) is 5.76 Å². The summed E-state index contributed by atoms with van der Waals surface area (Å²) in [5.74, 6) is 0.928. The van der Waals surface area contributed by atoms with E-state index in [1.54, 1.807) is 17.0 Å². The molecule has 1 atom stereocenters. The molecular weight excluding hydrogens is 358 g/mol. The van der Waals surface area contributed by atoms with E-state index < -0.39 is 10.8 Å². The Morgan fingerprint density at radius 1 is 1.00 bits per heavy atom. The summed E-state index contributed by atoms with van der Waals surface area (Å²) in [6.45, 7) is 4.99. The van der Waals surface area contributed by atoms with E-state index in [9.17, 15) is 9.00 Å². The maximum Gasteiger partial charge on any atom is 0.289 e. The first-order valence-electron chi connectivity index (χ1n) is 8.94. The van der Waals surface area contributed by atoms with Gasteiger partial charge in [-0.25, -0.2) is 0 Å². The molecule has 2 aromatic carbocycles. The maximum absolute atomic E-state index is 12.8. The molecule has 1 heterocycles. The van der Waals surface area contributed by atoms with Crippen molar-refractivity contribution >= 4 is 16.7 Å². The van der Waals surface area contributed by atoms with E-state index in [0.717, 1.165) is 16.0 Å². The van der Waals surface area contributed by atoms with Crippen molar-refractivity contribution in [2.75, 3.05) is 6.54 Å². The summed E-state index contributed by atoms with van der Waals surface area (Å²) in [6.07, 6.45) is 0. The molecule has 0 saturated carbocycles. The quantitative estimate of drug-likeness (QED) is 0.603. The number of aryl methyl sites for hydroxylation is 1. The maximum atomic E-state index is 12.8. The molecule has 0 radical (unpaired) electrons. The summed E-state index contributed by atoms with van der Waals surface area (Å²) < 4.78 is 18.3. The van der Waals surface area contributed by atoms with E-state index >= 15 is 0 Å². The Morgan fingerprint density at radius 3 is 2.41 bits per heavy atom. The molecule has 0 aliphatic carbocycles. The van der Waals surface area contributed by atoms with Crippen LogP contribution < -0.4 is 0 Å². The van der Waals surface area contributed by atoms with E-state index in [-0.39, 0.29) is 17.4 Å². The number of carbonyl (C=O) groups is 1. The number of nitrogens with zero attached hydrogens (tertiary/aromatic N) is 1. The molecule has 3 rings (SSSR count). The van der Waals surface area contributed by atoms with Crippen molar-refractivity contribution in [2.45, 2.75) is 31.0 Å². The van der Waals surface area contributed by atoms with Crippen LogP contribution >= 0.6 is 0 Å². The molecule has 140 valence electrons. The van der Waals surface area contributed by atoms with Gasteiger partial charge in [0, 0.05) is 18.0 Å². The lowest BCUT2D eigenvalue weighted by molar-refractivity contribution is 0.0719. The van der Waals surface area contributed by atoms with E-state index in [1.807, 2.05) is 68.4 Å². The first kappa shape index (κ1) is 19.1. The lowest BCUT2D eigenvalue weighted by Gasteiger charge is -2.19. The number of rotatable bonds is 7. The largest absolute Gasteiger partial charge is 0.455 e. The molecule has 0 aliphatic rings. The molecule has 5 heteroatoms. The lowest BCUT2D eigenvalue weighted by atomic mass is 10.2. The predicted molar refractivity (Wildman–Crippen MR) is 107 cm³/mol. The van der Waals surface area contributed by atoms with Gasteiger partial charge in [0.2, 0.25) is 0 Å². The second-order valence-electron chi connectivity index (χ2n) is 6.33. The van der Waals surface area contributed by atoms with E-state index in [4.69, 9.17) is 4.42 Å². The van der Waals surface area contributed by atoms with Crippen LogP contribution in [-0.4, -0.2) is 21.6 Å². The van der Waals surface area contributed by atoms with Gasteiger partial charge in [-0.2, -0.15) is 0 Å². The minimum absolute atomic E-state index is 0.158. The third kappa shape index (κ3) is 4.74. The highest BCUT2D eigenvalue weighted by Crippen LogP contribution is 2.19. The zero-order valence-electron chi connectivity index (χ0n) is 15.6. The van der Waals surface area contributed by atoms with Gasteiger partial charge in [-0.3, -0.25) is 9.00 Å². The van der Waals surface area contributed by atoms with Crippen molar-refractivity contribution in [1.82, 2.24) is 4.90 Å². The summed E-state index contributed by atoms with van der Waals surface area (Å²) in [6, 6.07) is 20.9. The van der Waals surface area contributed by atoms with Gasteiger partial charge >= 0.3 is 0 Å². The van der Waals surface area contributed by atoms with Crippen LogP contribution in [-0.2, 0) is 23.1 Å². The van der Waals surface area contributed by atoms with Crippen LogP contribution in [0.4, 0.5) is 0 Å². The van der Waals surface area contributed by atoms with Crippen molar-refractivity contribution in [1.29, 1.82) is 0 Å². The Labute approximate surface area is 162 Å². The van der Waals surface area contributed by atoms with Crippen molar-refractivity contribution in [3.63, 3.8) is 0 Å². The van der Waals surface area contributed by atoms with Crippen LogP contribution in [0.5, 0.6) is 0 Å².